The first-order valence-electron chi connectivity index (χ1n) is 6.72. The molecule has 0 aliphatic heterocycles. The standard InChI is InChI=1S/C15H17NO4S/c1-2-19-11-5-3-6-12(9-11)20-8-4-7-14-16-13(10-21-14)15(17)18/h3,5-6,9-10H,2,4,7-8H2,1H3,(H,17,18). The van der Waals surface area contributed by atoms with Crippen LogP contribution in [0.5, 0.6) is 11.5 Å². The van der Waals surface area contributed by atoms with Crippen LogP contribution in [0.4, 0.5) is 0 Å². The van der Waals surface area contributed by atoms with E-state index in [4.69, 9.17) is 14.6 Å². The molecule has 5 nitrogen and oxygen atoms in total. The molecule has 0 unspecified atom stereocenters. The molecule has 6 heteroatoms. The van der Waals surface area contributed by atoms with Crippen LogP contribution in [0.15, 0.2) is 29.6 Å². The van der Waals surface area contributed by atoms with Crippen LogP contribution in [0.2, 0.25) is 0 Å². The number of ether oxygens (including phenoxy) is 2. The largest absolute Gasteiger partial charge is 0.494 e. The topological polar surface area (TPSA) is 68.7 Å². The van der Waals surface area contributed by atoms with Gasteiger partial charge in [0, 0.05) is 17.9 Å². The van der Waals surface area contributed by atoms with Crippen LogP contribution in [0.3, 0.4) is 0 Å². The number of rotatable bonds is 8. The summed E-state index contributed by atoms with van der Waals surface area (Å²) in [4.78, 5) is 14.8. The molecule has 2 aromatic rings. The van der Waals surface area contributed by atoms with E-state index in [9.17, 15) is 4.79 Å². The number of carbonyl (C=O) groups is 1. The van der Waals surface area contributed by atoms with Gasteiger partial charge in [0.1, 0.15) is 11.5 Å². The number of benzene rings is 1. The summed E-state index contributed by atoms with van der Waals surface area (Å²) in [6.07, 6.45) is 1.49. The van der Waals surface area contributed by atoms with E-state index in [0.717, 1.165) is 22.9 Å². The van der Waals surface area contributed by atoms with Crippen molar-refractivity contribution in [3.8, 4) is 11.5 Å². The van der Waals surface area contributed by atoms with Gasteiger partial charge in [-0.3, -0.25) is 0 Å². The van der Waals surface area contributed by atoms with E-state index in [2.05, 4.69) is 4.98 Å². The molecule has 0 spiro atoms. The van der Waals surface area contributed by atoms with Crippen LogP contribution in [0, 0.1) is 0 Å². The minimum Gasteiger partial charge on any atom is -0.494 e. The van der Waals surface area contributed by atoms with E-state index in [1.807, 2.05) is 31.2 Å². The van der Waals surface area contributed by atoms with E-state index in [0.29, 0.717) is 19.6 Å². The molecule has 0 fully saturated rings. The number of aromatic carboxylic acids is 1. The van der Waals surface area contributed by atoms with Crippen LogP contribution in [-0.4, -0.2) is 29.3 Å². The lowest BCUT2D eigenvalue weighted by Gasteiger charge is -2.08. The summed E-state index contributed by atoms with van der Waals surface area (Å²) < 4.78 is 11.1. The van der Waals surface area contributed by atoms with Gasteiger partial charge >= 0.3 is 5.97 Å². The molecule has 21 heavy (non-hydrogen) atoms. The summed E-state index contributed by atoms with van der Waals surface area (Å²) in [7, 11) is 0. The van der Waals surface area contributed by atoms with Gasteiger partial charge < -0.3 is 14.6 Å². The van der Waals surface area contributed by atoms with Crippen molar-refractivity contribution in [1.29, 1.82) is 0 Å². The Kier molecular flexibility index (Phi) is 5.57. The van der Waals surface area contributed by atoms with Crippen molar-refractivity contribution in [2.24, 2.45) is 0 Å². The third kappa shape index (κ3) is 4.75. The van der Waals surface area contributed by atoms with E-state index in [1.54, 1.807) is 5.38 Å². The fourth-order valence-corrected chi connectivity index (χ4v) is 2.57. The maximum Gasteiger partial charge on any atom is 0.355 e. The van der Waals surface area contributed by atoms with Crippen molar-refractivity contribution >= 4 is 17.3 Å². The molecule has 0 atom stereocenters. The number of hydrogen-bond acceptors (Lipinski definition) is 5. The van der Waals surface area contributed by atoms with E-state index < -0.39 is 5.97 Å². The van der Waals surface area contributed by atoms with Gasteiger partial charge in [0.05, 0.1) is 18.2 Å². The van der Waals surface area contributed by atoms with Crippen LogP contribution in [0.25, 0.3) is 0 Å². The fraction of sp³-hybridized carbons (Fsp3) is 0.333. The minimum atomic E-state index is -0.985. The number of carboxylic acids is 1. The highest BCUT2D eigenvalue weighted by Gasteiger charge is 2.08. The Morgan fingerprint density at radius 1 is 1.33 bits per heavy atom. The van der Waals surface area contributed by atoms with Gasteiger partial charge in [-0.15, -0.1) is 11.3 Å². The molecule has 1 aromatic carbocycles. The predicted octanol–water partition coefficient (Wildman–Crippen LogP) is 3.25. The highest BCUT2D eigenvalue weighted by molar-refractivity contribution is 7.09. The number of aromatic nitrogens is 1. The SMILES string of the molecule is CCOc1cccc(OCCCc2nc(C(=O)O)cs2)c1. The van der Waals surface area contributed by atoms with Crippen molar-refractivity contribution in [2.45, 2.75) is 19.8 Å². The molecule has 0 bridgehead atoms. The molecule has 1 heterocycles. The number of hydrogen-bond donors (Lipinski definition) is 1. The van der Waals surface area contributed by atoms with Gasteiger partial charge in [0.15, 0.2) is 5.69 Å². The predicted molar refractivity (Wildman–Crippen MR) is 80.5 cm³/mol. The Hall–Kier alpha value is -2.08. The summed E-state index contributed by atoms with van der Waals surface area (Å²) in [5.74, 6) is 0.578. The molecule has 1 N–H and O–H groups in total. The summed E-state index contributed by atoms with van der Waals surface area (Å²) >= 11 is 1.37. The lowest BCUT2D eigenvalue weighted by atomic mass is 10.3. The Morgan fingerprint density at radius 2 is 2.10 bits per heavy atom. The van der Waals surface area contributed by atoms with Gasteiger partial charge in [-0.25, -0.2) is 9.78 Å². The second kappa shape index (κ2) is 7.64. The van der Waals surface area contributed by atoms with E-state index >= 15 is 0 Å². The Bertz CT molecular complexity index is 597. The van der Waals surface area contributed by atoms with Crippen LogP contribution in [-0.2, 0) is 6.42 Å². The fourth-order valence-electron chi connectivity index (χ4n) is 1.76. The first-order valence-corrected chi connectivity index (χ1v) is 7.60. The number of thiazole rings is 1. The third-order valence-electron chi connectivity index (χ3n) is 2.69. The van der Waals surface area contributed by atoms with Crippen LogP contribution >= 0.6 is 11.3 Å². The monoisotopic (exact) mass is 307 g/mol. The molecule has 112 valence electrons. The van der Waals surface area contributed by atoms with Gasteiger partial charge in [0.25, 0.3) is 0 Å². The van der Waals surface area contributed by atoms with Crippen molar-refractivity contribution in [3.63, 3.8) is 0 Å². The quantitative estimate of drug-likeness (QED) is 0.758. The van der Waals surface area contributed by atoms with Crippen molar-refractivity contribution < 1.29 is 19.4 Å². The van der Waals surface area contributed by atoms with Gasteiger partial charge in [-0.05, 0) is 25.5 Å². The average molecular weight is 307 g/mol. The summed E-state index contributed by atoms with van der Waals surface area (Å²) in [6, 6.07) is 7.52. The minimum absolute atomic E-state index is 0.111. The number of aryl methyl sites for hydroxylation is 1. The smallest absolute Gasteiger partial charge is 0.355 e. The first kappa shape index (κ1) is 15.3. The van der Waals surface area contributed by atoms with Gasteiger partial charge in [0.2, 0.25) is 0 Å². The molecule has 0 aliphatic carbocycles. The Morgan fingerprint density at radius 3 is 2.76 bits per heavy atom. The molecule has 0 saturated heterocycles. The zero-order valence-corrected chi connectivity index (χ0v) is 12.6. The van der Waals surface area contributed by atoms with Gasteiger partial charge in [-0.1, -0.05) is 6.07 Å². The van der Waals surface area contributed by atoms with Crippen molar-refractivity contribution in [2.75, 3.05) is 13.2 Å². The Balaban J connectivity index is 1.76. The van der Waals surface area contributed by atoms with Crippen molar-refractivity contribution in [1.82, 2.24) is 4.98 Å². The maximum absolute atomic E-state index is 10.7. The normalized spacial score (nSPS) is 10.3. The lowest BCUT2D eigenvalue weighted by Crippen LogP contribution is -2.01. The van der Waals surface area contributed by atoms with Crippen LogP contribution < -0.4 is 9.47 Å². The highest BCUT2D eigenvalue weighted by atomic mass is 32.1. The zero-order valence-electron chi connectivity index (χ0n) is 11.7. The maximum atomic E-state index is 10.7. The number of carboxylic acid groups (broad SMARTS) is 1. The van der Waals surface area contributed by atoms with Gasteiger partial charge in [-0.2, -0.15) is 0 Å². The van der Waals surface area contributed by atoms with E-state index in [1.165, 1.54) is 11.3 Å². The number of nitrogens with zero attached hydrogens (tertiary/aromatic N) is 1. The summed E-state index contributed by atoms with van der Waals surface area (Å²) in [5, 5.41) is 11.2. The lowest BCUT2D eigenvalue weighted by molar-refractivity contribution is 0.0691. The second-order valence-corrected chi connectivity index (χ2v) is 5.23. The molecule has 1 aromatic heterocycles. The molecule has 2 rings (SSSR count). The molecule has 0 amide bonds. The average Bonchev–Trinajstić information content (AvgIpc) is 2.94. The molecule has 0 aliphatic rings. The Labute approximate surface area is 127 Å². The van der Waals surface area contributed by atoms with Crippen LogP contribution in [0.1, 0.15) is 28.8 Å². The summed E-state index contributed by atoms with van der Waals surface area (Å²) in [5.41, 5.74) is 0.111. The second-order valence-electron chi connectivity index (χ2n) is 4.29. The first-order chi connectivity index (χ1) is 10.2. The third-order valence-corrected chi connectivity index (χ3v) is 3.60. The molecule has 0 saturated carbocycles. The summed E-state index contributed by atoms with van der Waals surface area (Å²) in [6.45, 7) is 3.11. The molecular weight excluding hydrogens is 290 g/mol. The van der Waals surface area contributed by atoms with Crippen molar-refractivity contribution in [3.05, 3.63) is 40.3 Å². The zero-order chi connectivity index (χ0) is 15.1. The van der Waals surface area contributed by atoms with E-state index in [-0.39, 0.29) is 5.69 Å². The molecule has 0 radical (unpaired) electrons. The highest BCUT2D eigenvalue weighted by Crippen LogP contribution is 2.20. The molecular formula is C15H17NO4S.